The van der Waals surface area contributed by atoms with E-state index in [1.165, 1.54) is 0 Å². The SMILES string of the molecule is CC(C)(C)Oc1cc(B2OC(C)(C)C(C)(C)O2)ccn1.O=C1NCCOc2ccc(Br)cc21. The molecule has 0 atom stereocenters. The van der Waals surface area contributed by atoms with Crippen LogP contribution in [-0.2, 0) is 9.31 Å². The Labute approximate surface area is 204 Å². The van der Waals surface area contributed by atoms with E-state index in [0.29, 0.717) is 30.3 Å². The van der Waals surface area contributed by atoms with Crippen molar-refractivity contribution < 1.29 is 23.6 Å². The van der Waals surface area contributed by atoms with E-state index in [1.807, 2.05) is 66.7 Å². The molecule has 2 aliphatic heterocycles. The fraction of sp³-hybridized carbons (Fsp3) is 0.500. The number of carbonyl (C=O) groups excluding carboxylic acids is 1. The predicted octanol–water partition coefficient (Wildman–Crippen LogP) is 4.13. The van der Waals surface area contributed by atoms with Crippen molar-refractivity contribution in [3.05, 3.63) is 46.6 Å². The van der Waals surface area contributed by atoms with Crippen LogP contribution in [-0.4, -0.2) is 48.0 Å². The summed E-state index contributed by atoms with van der Waals surface area (Å²) in [5.74, 6) is 1.16. The summed E-state index contributed by atoms with van der Waals surface area (Å²) in [4.78, 5) is 15.7. The Hall–Kier alpha value is -2.10. The van der Waals surface area contributed by atoms with E-state index in [9.17, 15) is 4.79 Å². The second kappa shape index (κ2) is 9.64. The van der Waals surface area contributed by atoms with Crippen molar-refractivity contribution in [1.82, 2.24) is 10.3 Å². The van der Waals surface area contributed by atoms with Crippen LogP contribution in [0.2, 0.25) is 0 Å². The molecule has 2 aliphatic rings. The maximum absolute atomic E-state index is 11.4. The highest BCUT2D eigenvalue weighted by molar-refractivity contribution is 9.10. The topological polar surface area (TPSA) is 78.9 Å². The molecule has 33 heavy (non-hydrogen) atoms. The summed E-state index contributed by atoms with van der Waals surface area (Å²) in [5.41, 5.74) is 0.560. The third-order valence-electron chi connectivity index (χ3n) is 5.53. The normalized spacial score (nSPS) is 18.8. The van der Waals surface area contributed by atoms with Gasteiger partial charge in [0, 0.05) is 16.7 Å². The number of nitrogens with zero attached hydrogens (tertiary/aromatic N) is 1. The number of carbonyl (C=O) groups is 1. The Kier molecular flexibility index (Phi) is 7.46. The number of hydrogen-bond acceptors (Lipinski definition) is 6. The number of fused-ring (bicyclic) bond motifs is 1. The van der Waals surface area contributed by atoms with E-state index in [1.54, 1.807) is 18.3 Å². The van der Waals surface area contributed by atoms with Gasteiger partial charge in [0.15, 0.2) is 0 Å². The first-order valence-corrected chi connectivity index (χ1v) is 11.8. The van der Waals surface area contributed by atoms with E-state index in [2.05, 4.69) is 26.2 Å². The molecule has 1 N–H and O–H groups in total. The molecular formula is C24H32BBrN2O5. The number of ether oxygens (including phenoxy) is 2. The Morgan fingerprint density at radius 1 is 1.09 bits per heavy atom. The zero-order chi connectivity index (χ0) is 24.4. The lowest BCUT2D eigenvalue weighted by Gasteiger charge is -2.32. The van der Waals surface area contributed by atoms with Gasteiger partial charge in [0.05, 0.1) is 23.3 Å². The molecule has 1 amide bonds. The van der Waals surface area contributed by atoms with Gasteiger partial charge in [0.25, 0.3) is 5.91 Å². The van der Waals surface area contributed by atoms with Crippen molar-refractivity contribution in [2.24, 2.45) is 0 Å². The number of aromatic nitrogens is 1. The molecule has 0 unspecified atom stereocenters. The van der Waals surface area contributed by atoms with Gasteiger partial charge < -0.3 is 24.1 Å². The van der Waals surface area contributed by atoms with Gasteiger partial charge in [-0.3, -0.25) is 4.79 Å². The molecule has 0 radical (unpaired) electrons. The number of pyridine rings is 1. The lowest BCUT2D eigenvalue weighted by molar-refractivity contribution is 0.00578. The second-order valence-electron chi connectivity index (χ2n) is 9.97. The van der Waals surface area contributed by atoms with Crippen LogP contribution in [0.15, 0.2) is 41.0 Å². The van der Waals surface area contributed by atoms with Crippen LogP contribution in [0.4, 0.5) is 0 Å². The maximum Gasteiger partial charge on any atom is 0.495 e. The van der Waals surface area contributed by atoms with Crippen LogP contribution in [0.25, 0.3) is 0 Å². The minimum absolute atomic E-state index is 0.0752. The van der Waals surface area contributed by atoms with E-state index in [4.69, 9.17) is 18.8 Å². The quantitative estimate of drug-likeness (QED) is 0.602. The summed E-state index contributed by atoms with van der Waals surface area (Å²) in [6, 6.07) is 9.20. The Morgan fingerprint density at radius 2 is 1.76 bits per heavy atom. The van der Waals surface area contributed by atoms with E-state index in [-0.39, 0.29) is 29.8 Å². The van der Waals surface area contributed by atoms with Crippen molar-refractivity contribution in [2.45, 2.75) is 65.3 Å². The Balaban J connectivity index is 0.000000203. The molecule has 0 aliphatic carbocycles. The van der Waals surface area contributed by atoms with Gasteiger partial charge in [-0.1, -0.05) is 15.9 Å². The zero-order valence-corrected chi connectivity index (χ0v) is 21.9. The van der Waals surface area contributed by atoms with Crippen LogP contribution in [0.5, 0.6) is 11.6 Å². The third kappa shape index (κ3) is 6.49. The lowest BCUT2D eigenvalue weighted by atomic mass is 9.80. The first-order valence-electron chi connectivity index (χ1n) is 11.0. The zero-order valence-electron chi connectivity index (χ0n) is 20.3. The lowest BCUT2D eigenvalue weighted by Crippen LogP contribution is -2.41. The van der Waals surface area contributed by atoms with Gasteiger partial charge in [0.2, 0.25) is 5.88 Å². The molecule has 1 aromatic heterocycles. The predicted molar refractivity (Wildman–Crippen MR) is 132 cm³/mol. The minimum Gasteiger partial charge on any atom is -0.491 e. The summed E-state index contributed by atoms with van der Waals surface area (Å²) in [6.07, 6.45) is 1.72. The number of rotatable bonds is 2. The molecule has 1 saturated heterocycles. The number of nitrogens with one attached hydrogen (secondary N) is 1. The van der Waals surface area contributed by atoms with Gasteiger partial charge in [-0.05, 0) is 78.2 Å². The molecule has 4 rings (SSSR count). The number of hydrogen-bond donors (Lipinski definition) is 1. The maximum atomic E-state index is 11.4. The van der Waals surface area contributed by atoms with Gasteiger partial charge in [-0.15, -0.1) is 0 Å². The molecular weight excluding hydrogens is 487 g/mol. The first kappa shape index (κ1) is 25.5. The summed E-state index contributed by atoms with van der Waals surface area (Å²) >= 11 is 3.31. The monoisotopic (exact) mass is 518 g/mol. The Morgan fingerprint density at radius 3 is 2.39 bits per heavy atom. The average Bonchev–Trinajstić information content (AvgIpc) is 2.81. The summed E-state index contributed by atoms with van der Waals surface area (Å²) < 4.78 is 24.1. The van der Waals surface area contributed by atoms with Crippen molar-refractivity contribution in [2.75, 3.05) is 13.2 Å². The number of amides is 1. The summed E-state index contributed by atoms with van der Waals surface area (Å²) in [6.45, 7) is 15.2. The van der Waals surface area contributed by atoms with Crippen molar-refractivity contribution >= 4 is 34.4 Å². The molecule has 0 spiro atoms. The molecule has 1 fully saturated rings. The minimum atomic E-state index is -0.384. The van der Waals surface area contributed by atoms with Gasteiger partial charge in [0.1, 0.15) is 18.0 Å². The molecule has 7 nitrogen and oxygen atoms in total. The largest absolute Gasteiger partial charge is 0.495 e. The second-order valence-corrected chi connectivity index (χ2v) is 10.9. The van der Waals surface area contributed by atoms with Gasteiger partial charge >= 0.3 is 7.12 Å². The van der Waals surface area contributed by atoms with Crippen LogP contribution in [0, 0.1) is 0 Å². The molecule has 1 aromatic carbocycles. The van der Waals surface area contributed by atoms with Crippen molar-refractivity contribution in [3.8, 4) is 11.6 Å². The van der Waals surface area contributed by atoms with E-state index in [0.717, 1.165) is 9.94 Å². The molecule has 178 valence electrons. The molecule has 0 bridgehead atoms. The molecule has 3 heterocycles. The number of halogens is 1. The van der Waals surface area contributed by atoms with Crippen LogP contribution in [0.3, 0.4) is 0 Å². The first-order chi connectivity index (χ1) is 15.3. The average molecular weight is 519 g/mol. The van der Waals surface area contributed by atoms with Crippen molar-refractivity contribution in [1.29, 1.82) is 0 Å². The Bertz CT molecular complexity index is 991. The molecule has 9 heteroatoms. The highest BCUT2D eigenvalue weighted by Gasteiger charge is 2.51. The van der Waals surface area contributed by atoms with E-state index < -0.39 is 0 Å². The molecule has 2 aromatic rings. The smallest absolute Gasteiger partial charge is 0.491 e. The summed E-state index contributed by atoms with van der Waals surface area (Å²) in [7, 11) is -0.384. The standard InChI is InChI=1S/C15H24BNO3.C9H8BrNO2/c1-13(2,3)18-12-10-11(8-9-17-12)16-19-14(4,5)15(6,7)20-16;10-6-1-2-8-7(5-6)9(12)11-3-4-13-8/h8-10H,1-7H3;1-2,5H,3-4H2,(H,11,12). The third-order valence-corrected chi connectivity index (χ3v) is 6.02. The van der Waals surface area contributed by atoms with Crippen molar-refractivity contribution in [3.63, 3.8) is 0 Å². The summed E-state index contributed by atoms with van der Waals surface area (Å²) in [5, 5.41) is 2.74. The number of benzene rings is 1. The van der Waals surface area contributed by atoms with Crippen LogP contribution < -0.4 is 20.3 Å². The fourth-order valence-corrected chi connectivity index (χ4v) is 3.51. The van der Waals surface area contributed by atoms with Crippen LogP contribution >= 0.6 is 15.9 Å². The van der Waals surface area contributed by atoms with E-state index >= 15 is 0 Å². The highest BCUT2D eigenvalue weighted by Crippen LogP contribution is 2.36. The van der Waals surface area contributed by atoms with Gasteiger partial charge in [-0.25, -0.2) is 4.98 Å². The van der Waals surface area contributed by atoms with Crippen LogP contribution in [0.1, 0.15) is 58.8 Å². The molecule has 0 saturated carbocycles. The highest BCUT2D eigenvalue weighted by atomic mass is 79.9. The fourth-order valence-electron chi connectivity index (χ4n) is 3.15. The van der Waals surface area contributed by atoms with Gasteiger partial charge in [-0.2, -0.15) is 0 Å².